The highest BCUT2D eigenvalue weighted by Crippen LogP contribution is 2.20. The molecule has 0 aromatic carbocycles. The van der Waals surface area contributed by atoms with Crippen molar-refractivity contribution in [2.24, 2.45) is 4.99 Å². The van der Waals surface area contributed by atoms with Crippen LogP contribution < -0.4 is 0 Å². The van der Waals surface area contributed by atoms with E-state index in [2.05, 4.69) is 32.1 Å². The molecule has 3 heteroatoms. The van der Waals surface area contributed by atoms with E-state index in [4.69, 9.17) is 0 Å². The van der Waals surface area contributed by atoms with Gasteiger partial charge in [0.1, 0.15) is 12.0 Å². The fourth-order valence-corrected chi connectivity index (χ4v) is 1.48. The highest BCUT2D eigenvalue weighted by molar-refractivity contribution is 5.32. The molecule has 98 valence electrons. The third-order valence-corrected chi connectivity index (χ3v) is 2.74. The number of likely N-dealkylation sites (tertiary alicyclic amines) is 1. The fourth-order valence-electron chi connectivity index (χ4n) is 1.48. The molecule has 1 saturated heterocycles. The van der Waals surface area contributed by atoms with Gasteiger partial charge in [-0.2, -0.15) is 0 Å². The minimum Gasteiger partial charge on any atom is -0.353 e. The second-order valence-electron chi connectivity index (χ2n) is 4.20. The van der Waals surface area contributed by atoms with Crippen LogP contribution in [0.2, 0.25) is 0 Å². The van der Waals surface area contributed by atoms with E-state index < -0.39 is 6.17 Å². The Kier molecular flexibility index (Phi) is 8.38. The minimum atomic E-state index is -0.727. The predicted molar refractivity (Wildman–Crippen MR) is 74.1 cm³/mol. The summed E-state index contributed by atoms with van der Waals surface area (Å²) in [6.45, 7) is 14.6. The Labute approximate surface area is 105 Å². The third-order valence-electron chi connectivity index (χ3n) is 2.74. The van der Waals surface area contributed by atoms with Crippen LogP contribution in [0.15, 0.2) is 29.0 Å². The van der Waals surface area contributed by atoms with Crippen molar-refractivity contribution in [3.63, 3.8) is 0 Å². The number of halogens is 1. The molecule has 0 bridgehead atoms. The van der Waals surface area contributed by atoms with E-state index in [0.29, 0.717) is 13.0 Å². The summed E-state index contributed by atoms with van der Waals surface area (Å²) in [4.78, 5) is 5.80. The molecule has 1 rings (SSSR count). The second kappa shape index (κ2) is 8.97. The molecule has 1 atom stereocenters. The normalized spacial score (nSPS) is 20.2. The molecule has 2 nitrogen and oxygen atoms in total. The van der Waals surface area contributed by atoms with Crippen molar-refractivity contribution in [1.82, 2.24) is 4.90 Å². The van der Waals surface area contributed by atoms with E-state index in [9.17, 15) is 4.39 Å². The van der Waals surface area contributed by atoms with Crippen molar-refractivity contribution in [3.05, 3.63) is 24.0 Å². The largest absolute Gasteiger partial charge is 0.353 e. The minimum absolute atomic E-state index is 0.430. The Bertz CT molecular complexity index is 269. The second-order valence-corrected chi connectivity index (χ2v) is 4.20. The van der Waals surface area contributed by atoms with Crippen molar-refractivity contribution >= 4 is 6.72 Å². The molecule has 1 unspecified atom stereocenters. The number of alkyl halides is 1. The quantitative estimate of drug-likeness (QED) is 0.536. The highest BCUT2D eigenvalue weighted by atomic mass is 19.1. The Hall–Kier alpha value is -1.12. The molecule has 0 spiro atoms. The van der Waals surface area contributed by atoms with Gasteiger partial charge in [-0.15, -0.1) is 0 Å². The predicted octanol–water partition coefficient (Wildman–Crippen LogP) is 3.95. The number of allylic oxidation sites excluding steroid dienone is 2. The first-order chi connectivity index (χ1) is 8.10. The summed E-state index contributed by atoms with van der Waals surface area (Å²) in [5, 5.41) is 0. The molecule has 1 aliphatic rings. The van der Waals surface area contributed by atoms with Crippen LogP contribution in [0.25, 0.3) is 0 Å². The number of unbranched alkanes of at least 4 members (excludes halogenated alkanes) is 1. The highest BCUT2D eigenvalue weighted by Gasteiger charge is 2.23. The maximum Gasteiger partial charge on any atom is 0.130 e. The van der Waals surface area contributed by atoms with Crippen LogP contribution in [0.3, 0.4) is 0 Å². The molecule has 1 fully saturated rings. The molecular weight excluding hydrogens is 215 g/mol. The zero-order chi connectivity index (χ0) is 13.3. The first kappa shape index (κ1) is 15.9. The molecule has 0 saturated carbocycles. The van der Waals surface area contributed by atoms with Crippen molar-refractivity contribution in [3.8, 4) is 0 Å². The Morgan fingerprint density at radius 2 is 2.06 bits per heavy atom. The lowest BCUT2D eigenvalue weighted by molar-refractivity contribution is 0.322. The van der Waals surface area contributed by atoms with E-state index >= 15 is 0 Å². The summed E-state index contributed by atoms with van der Waals surface area (Å²) in [7, 11) is 0. The molecule has 0 aromatic heterocycles. The van der Waals surface area contributed by atoms with Crippen molar-refractivity contribution in [2.75, 3.05) is 13.1 Å². The summed E-state index contributed by atoms with van der Waals surface area (Å²) < 4.78 is 12.9. The molecule has 0 aromatic rings. The molecule has 0 radical (unpaired) electrons. The molecule has 1 aliphatic heterocycles. The van der Waals surface area contributed by atoms with Crippen molar-refractivity contribution < 1.29 is 4.39 Å². The SMILES string of the molecule is C=C/C(C)=C(\N=C)N1CCC(F)C1.CCCC. The first-order valence-electron chi connectivity index (χ1n) is 6.29. The number of hydrogen-bond donors (Lipinski definition) is 0. The van der Waals surface area contributed by atoms with Crippen LogP contribution in [0.4, 0.5) is 4.39 Å². The van der Waals surface area contributed by atoms with Gasteiger partial charge in [0, 0.05) is 6.54 Å². The lowest BCUT2D eigenvalue weighted by Gasteiger charge is -2.18. The van der Waals surface area contributed by atoms with Gasteiger partial charge in [-0.05, 0) is 25.6 Å². The molecule has 0 N–H and O–H groups in total. The zero-order valence-electron chi connectivity index (χ0n) is 11.4. The maximum atomic E-state index is 12.9. The van der Waals surface area contributed by atoms with E-state index in [1.165, 1.54) is 12.8 Å². The van der Waals surface area contributed by atoms with Crippen LogP contribution in [0.1, 0.15) is 40.0 Å². The van der Waals surface area contributed by atoms with Crippen molar-refractivity contribution in [1.29, 1.82) is 0 Å². The average molecular weight is 240 g/mol. The Morgan fingerprint density at radius 3 is 2.35 bits per heavy atom. The average Bonchev–Trinajstić information content (AvgIpc) is 2.76. The Balaban J connectivity index is 0.000000557. The van der Waals surface area contributed by atoms with Gasteiger partial charge in [0.05, 0.1) is 6.54 Å². The maximum absolute atomic E-state index is 12.9. The number of rotatable bonds is 4. The summed E-state index contributed by atoms with van der Waals surface area (Å²) in [5.74, 6) is 0.759. The van der Waals surface area contributed by atoms with Gasteiger partial charge >= 0.3 is 0 Å². The molecule has 1 heterocycles. The molecule has 17 heavy (non-hydrogen) atoms. The van der Waals surface area contributed by atoms with Gasteiger partial charge < -0.3 is 4.90 Å². The first-order valence-corrected chi connectivity index (χ1v) is 6.29. The number of hydrogen-bond acceptors (Lipinski definition) is 2. The van der Waals surface area contributed by atoms with E-state index in [1.807, 2.05) is 11.8 Å². The topological polar surface area (TPSA) is 15.6 Å². The fraction of sp³-hybridized carbons (Fsp3) is 0.643. The summed E-state index contributed by atoms with van der Waals surface area (Å²) >= 11 is 0. The smallest absolute Gasteiger partial charge is 0.130 e. The number of aliphatic imine (C=N–C) groups is 1. The van der Waals surface area contributed by atoms with Crippen LogP contribution in [0.5, 0.6) is 0 Å². The summed E-state index contributed by atoms with van der Waals surface area (Å²) in [5.41, 5.74) is 0.948. The van der Waals surface area contributed by atoms with Gasteiger partial charge in [-0.25, -0.2) is 9.38 Å². The molecular formula is C14H25FN2. The Morgan fingerprint density at radius 1 is 1.47 bits per heavy atom. The van der Waals surface area contributed by atoms with Gasteiger partial charge in [0.2, 0.25) is 0 Å². The summed E-state index contributed by atoms with van der Waals surface area (Å²) in [6.07, 6.45) is 4.22. The van der Waals surface area contributed by atoms with Crippen LogP contribution >= 0.6 is 0 Å². The van der Waals surface area contributed by atoms with Gasteiger partial charge in [0.25, 0.3) is 0 Å². The standard InChI is InChI=1S/C10H15FN2.C4H10/c1-4-8(2)10(12-3)13-6-5-9(11)7-13;1-3-4-2/h4,9H,1,3,5-7H2,2H3;3-4H2,1-2H3/b10-8+;. The monoisotopic (exact) mass is 240 g/mol. The third kappa shape index (κ3) is 5.66. The number of nitrogens with zero attached hydrogens (tertiary/aromatic N) is 2. The van der Waals surface area contributed by atoms with Gasteiger partial charge in [0.15, 0.2) is 0 Å². The van der Waals surface area contributed by atoms with Crippen molar-refractivity contribution in [2.45, 2.75) is 46.2 Å². The van der Waals surface area contributed by atoms with E-state index in [-0.39, 0.29) is 0 Å². The van der Waals surface area contributed by atoms with Crippen LogP contribution in [-0.2, 0) is 0 Å². The molecule has 0 aliphatic carbocycles. The van der Waals surface area contributed by atoms with Gasteiger partial charge in [-0.3, -0.25) is 0 Å². The van der Waals surface area contributed by atoms with E-state index in [1.54, 1.807) is 6.08 Å². The van der Waals surface area contributed by atoms with Crippen LogP contribution in [-0.4, -0.2) is 30.9 Å². The van der Waals surface area contributed by atoms with E-state index in [0.717, 1.165) is 17.9 Å². The summed E-state index contributed by atoms with van der Waals surface area (Å²) in [6, 6.07) is 0. The van der Waals surface area contributed by atoms with Crippen LogP contribution in [0, 0.1) is 0 Å². The van der Waals surface area contributed by atoms with Gasteiger partial charge in [-0.1, -0.05) is 39.3 Å². The lowest BCUT2D eigenvalue weighted by atomic mass is 10.3. The zero-order valence-corrected chi connectivity index (χ0v) is 11.4. The lowest BCUT2D eigenvalue weighted by Crippen LogP contribution is -2.20. The molecule has 0 amide bonds.